The number of ether oxygens (including phenoxy) is 2. The zero-order valence-corrected chi connectivity index (χ0v) is 23.4. The van der Waals surface area contributed by atoms with Crippen LogP contribution in [0.15, 0.2) is 121 Å². The molecule has 0 saturated carbocycles. The summed E-state index contributed by atoms with van der Waals surface area (Å²) < 4.78 is 12.7. The van der Waals surface area contributed by atoms with Crippen LogP contribution in [0.3, 0.4) is 0 Å². The van der Waals surface area contributed by atoms with Gasteiger partial charge in [0.2, 0.25) is 0 Å². The van der Waals surface area contributed by atoms with Crippen molar-refractivity contribution in [3.05, 3.63) is 121 Å². The lowest BCUT2D eigenvalue weighted by Crippen LogP contribution is -2.46. The second-order valence-electron chi connectivity index (χ2n) is 8.96. The van der Waals surface area contributed by atoms with E-state index >= 15 is 0 Å². The van der Waals surface area contributed by atoms with Crippen LogP contribution in [0.1, 0.15) is 13.8 Å². The van der Waals surface area contributed by atoms with Gasteiger partial charge in [0.1, 0.15) is 0 Å². The summed E-state index contributed by atoms with van der Waals surface area (Å²) in [7, 11) is 2.40. The van der Waals surface area contributed by atoms with E-state index in [1.54, 1.807) is 0 Å². The molecule has 0 aliphatic rings. The van der Waals surface area contributed by atoms with Crippen LogP contribution >= 0.6 is 15.8 Å². The fraction of sp³-hybridized carbons (Fsp3) is 0.250. The Morgan fingerprint density at radius 3 is 0.833 bits per heavy atom. The second-order valence-corrected chi connectivity index (χ2v) is 14.1. The minimum Gasteiger partial charge on any atom is -0.378 e. The van der Waals surface area contributed by atoms with Crippen molar-refractivity contribution < 1.29 is 9.47 Å². The quantitative estimate of drug-likeness (QED) is 0.227. The Hall–Kier alpha value is -2.34. The molecule has 2 nitrogen and oxygen atoms in total. The SMILES string of the molecule is COC(C(OC)C(C)P(c1ccccc1)c1ccccc1)C(C)P(c1ccccc1)c1ccccc1. The Bertz CT molecular complexity index is 982. The zero-order valence-electron chi connectivity index (χ0n) is 21.6. The van der Waals surface area contributed by atoms with Gasteiger partial charge in [-0.05, 0) is 37.1 Å². The molecule has 0 spiro atoms. The van der Waals surface area contributed by atoms with Gasteiger partial charge in [0, 0.05) is 25.5 Å². The van der Waals surface area contributed by atoms with Gasteiger partial charge < -0.3 is 9.47 Å². The van der Waals surface area contributed by atoms with Crippen molar-refractivity contribution in [1.82, 2.24) is 0 Å². The lowest BCUT2D eigenvalue weighted by Gasteiger charge is -2.40. The molecule has 4 rings (SSSR count). The van der Waals surface area contributed by atoms with Gasteiger partial charge in [-0.25, -0.2) is 0 Å². The summed E-state index contributed by atoms with van der Waals surface area (Å²) in [4.78, 5) is 0. The molecule has 4 unspecified atom stereocenters. The van der Waals surface area contributed by atoms with Crippen LogP contribution in [-0.4, -0.2) is 37.7 Å². The fourth-order valence-corrected chi connectivity index (χ4v) is 10.7. The molecule has 0 aliphatic heterocycles. The fourth-order valence-electron chi connectivity index (χ4n) is 5.10. The van der Waals surface area contributed by atoms with Crippen molar-refractivity contribution in [3.63, 3.8) is 0 Å². The van der Waals surface area contributed by atoms with Crippen molar-refractivity contribution in [2.45, 2.75) is 37.4 Å². The standard InChI is InChI=1S/C32H36O2P2/c1-25(35(27-17-9-5-10-18-27)28-19-11-6-12-20-28)31(33-3)32(34-4)26(2)36(29-21-13-7-14-22-29)30-23-15-8-16-24-30/h5-26,31-32H,1-4H3. The van der Waals surface area contributed by atoms with Gasteiger partial charge >= 0.3 is 0 Å². The molecule has 186 valence electrons. The molecule has 0 fully saturated rings. The maximum Gasteiger partial charge on any atom is 0.0909 e. The smallest absolute Gasteiger partial charge is 0.0909 e. The molecule has 0 bridgehead atoms. The van der Waals surface area contributed by atoms with E-state index in [1.165, 1.54) is 21.2 Å². The molecule has 0 heterocycles. The highest BCUT2D eigenvalue weighted by molar-refractivity contribution is 7.74. The Labute approximate surface area is 219 Å². The van der Waals surface area contributed by atoms with E-state index in [4.69, 9.17) is 9.47 Å². The maximum atomic E-state index is 6.33. The van der Waals surface area contributed by atoms with Crippen molar-refractivity contribution in [1.29, 1.82) is 0 Å². The maximum absolute atomic E-state index is 6.33. The third-order valence-electron chi connectivity index (χ3n) is 6.77. The summed E-state index contributed by atoms with van der Waals surface area (Å²) in [5.41, 5.74) is 0.510. The summed E-state index contributed by atoms with van der Waals surface area (Å²) >= 11 is 0. The monoisotopic (exact) mass is 514 g/mol. The first-order valence-corrected chi connectivity index (χ1v) is 15.3. The second kappa shape index (κ2) is 13.3. The first-order valence-electron chi connectivity index (χ1n) is 12.5. The predicted molar refractivity (Wildman–Crippen MR) is 159 cm³/mol. The number of hydrogen-bond donors (Lipinski definition) is 0. The third-order valence-corrected chi connectivity index (χ3v) is 12.4. The van der Waals surface area contributed by atoms with Crippen LogP contribution in [0.2, 0.25) is 0 Å². The molecule has 0 saturated heterocycles. The van der Waals surface area contributed by atoms with E-state index in [9.17, 15) is 0 Å². The van der Waals surface area contributed by atoms with E-state index < -0.39 is 15.8 Å². The van der Waals surface area contributed by atoms with Crippen LogP contribution in [0.25, 0.3) is 0 Å². The molecule has 4 heteroatoms. The molecule has 0 N–H and O–H groups in total. The molecular formula is C32H36O2P2. The summed E-state index contributed by atoms with van der Waals surface area (Å²) in [6.45, 7) is 4.68. The van der Waals surface area contributed by atoms with Crippen LogP contribution in [-0.2, 0) is 9.47 Å². The van der Waals surface area contributed by atoms with Crippen molar-refractivity contribution >= 4 is 37.1 Å². The number of rotatable bonds is 11. The van der Waals surface area contributed by atoms with Gasteiger partial charge in [0.15, 0.2) is 0 Å². The first-order chi connectivity index (χ1) is 17.7. The van der Waals surface area contributed by atoms with Gasteiger partial charge in [-0.3, -0.25) is 0 Å². The van der Waals surface area contributed by atoms with E-state index in [2.05, 4.69) is 135 Å². The zero-order chi connectivity index (χ0) is 25.3. The number of methoxy groups -OCH3 is 2. The molecule has 4 atom stereocenters. The predicted octanol–water partition coefficient (Wildman–Crippen LogP) is 6.06. The molecule has 0 amide bonds. The number of benzene rings is 4. The van der Waals surface area contributed by atoms with Gasteiger partial charge in [0.25, 0.3) is 0 Å². The molecule has 4 aromatic rings. The highest BCUT2D eigenvalue weighted by Gasteiger charge is 2.39. The summed E-state index contributed by atoms with van der Waals surface area (Å²) in [6, 6.07) is 43.6. The van der Waals surface area contributed by atoms with E-state index in [-0.39, 0.29) is 23.5 Å². The van der Waals surface area contributed by atoms with Gasteiger partial charge in [0.05, 0.1) is 12.2 Å². The first kappa shape index (κ1) is 26.7. The van der Waals surface area contributed by atoms with E-state index in [0.717, 1.165) is 0 Å². The van der Waals surface area contributed by atoms with Crippen molar-refractivity contribution in [2.75, 3.05) is 14.2 Å². The molecule has 0 aliphatic carbocycles. The Balaban J connectivity index is 1.73. The van der Waals surface area contributed by atoms with Crippen LogP contribution < -0.4 is 21.2 Å². The van der Waals surface area contributed by atoms with Crippen LogP contribution in [0.4, 0.5) is 0 Å². The van der Waals surface area contributed by atoms with Gasteiger partial charge in [-0.1, -0.05) is 135 Å². The lowest BCUT2D eigenvalue weighted by molar-refractivity contribution is -0.0337. The average Bonchev–Trinajstić information content (AvgIpc) is 2.94. The molecule has 4 aromatic carbocycles. The minimum absolute atomic E-state index is 0.0612. The topological polar surface area (TPSA) is 18.5 Å². The molecule has 0 radical (unpaired) electrons. The highest BCUT2D eigenvalue weighted by Crippen LogP contribution is 2.47. The summed E-state index contributed by atoms with van der Waals surface area (Å²) in [5.74, 6) is 0. The van der Waals surface area contributed by atoms with Crippen LogP contribution in [0.5, 0.6) is 0 Å². The van der Waals surface area contributed by atoms with Crippen LogP contribution in [0, 0.1) is 0 Å². The molecule has 36 heavy (non-hydrogen) atoms. The van der Waals surface area contributed by atoms with Gasteiger partial charge in [-0.15, -0.1) is 0 Å². The normalized spacial score (nSPS) is 14.9. The third kappa shape index (κ3) is 6.13. The lowest BCUT2D eigenvalue weighted by atomic mass is 10.1. The molecule has 0 aromatic heterocycles. The minimum atomic E-state index is -0.646. The number of hydrogen-bond acceptors (Lipinski definition) is 2. The molecular weight excluding hydrogens is 478 g/mol. The summed E-state index contributed by atoms with van der Waals surface area (Å²) in [6.07, 6.45) is -0.122. The van der Waals surface area contributed by atoms with Crippen molar-refractivity contribution in [3.8, 4) is 0 Å². The van der Waals surface area contributed by atoms with Gasteiger partial charge in [-0.2, -0.15) is 0 Å². The van der Waals surface area contributed by atoms with E-state index in [0.29, 0.717) is 0 Å². The highest BCUT2D eigenvalue weighted by atomic mass is 31.1. The average molecular weight is 515 g/mol. The Kier molecular flexibility index (Phi) is 9.85. The Morgan fingerprint density at radius 1 is 0.417 bits per heavy atom. The summed E-state index contributed by atoms with van der Waals surface area (Å²) in [5, 5.41) is 5.46. The largest absolute Gasteiger partial charge is 0.378 e. The Morgan fingerprint density at radius 2 is 0.639 bits per heavy atom. The van der Waals surface area contributed by atoms with E-state index in [1.807, 2.05) is 14.2 Å². The van der Waals surface area contributed by atoms with Crippen molar-refractivity contribution in [2.24, 2.45) is 0 Å².